The molecule has 2 atom stereocenters. The monoisotopic (exact) mass is 766 g/mol. The first-order chi connectivity index (χ1) is 23.3. The molecule has 0 bridgehead atoms. The van der Waals surface area contributed by atoms with Gasteiger partial charge in [0.05, 0.1) is 23.5 Å². The molecule has 2 amide bonds. The number of hydrogen-bond acceptors (Lipinski definition) is 6. The fraction of sp³-hybridized carbons (Fsp3) is 0.211. The lowest BCUT2D eigenvalue weighted by Crippen LogP contribution is -2.29. The summed E-state index contributed by atoms with van der Waals surface area (Å²) in [5, 5.41) is 24.5. The van der Waals surface area contributed by atoms with E-state index in [9.17, 15) is 20.1 Å². The highest BCUT2D eigenvalue weighted by atomic mass is 79.9. The first-order valence-corrected chi connectivity index (χ1v) is 17.1. The van der Waals surface area contributed by atoms with Gasteiger partial charge in [-0.25, -0.2) is 9.97 Å². The minimum Gasteiger partial charge on any atom is -0.345 e. The van der Waals surface area contributed by atoms with Crippen LogP contribution in [0.5, 0.6) is 0 Å². The normalized spacial score (nSPS) is 12.3. The molecule has 2 heterocycles. The van der Waals surface area contributed by atoms with Gasteiger partial charge in [0.15, 0.2) is 0 Å². The Hall–Kier alpha value is -4.90. The number of carbonyl (C=O) groups excluding carboxylic acids is 2. The number of hydrogen-bond donors (Lipinski definition) is 2. The van der Waals surface area contributed by atoms with Crippen LogP contribution in [0.1, 0.15) is 74.1 Å². The predicted molar refractivity (Wildman–Crippen MR) is 196 cm³/mol. The summed E-state index contributed by atoms with van der Waals surface area (Å²) in [6, 6.07) is 33.9. The molecule has 2 aromatic heterocycles. The fourth-order valence-corrected chi connectivity index (χ4v) is 5.38. The highest BCUT2D eigenvalue weighted by Gasteiger charge is 2.18. The summed E-state index contributed by atoms with van der Waals surface area (Å²) in [6.07, 6.45) is 6.46. The van der Waals surface area contributed by atoms with Crippen molar-refractivity contribution in [3.63, 3.8) is 0 Å². The number of benzene rings is 2. The average molecular weight is 769 g/mol. The second-order valence-corrected chi connectivity index (χ2v) is 12.2. The second kappa shape index (κ2) is 20.4. The molecule has 0 unspecified atom stereocenters. The van der Waals surface area contributed by atoms with E-state index in [4.69, 9.17) is 0 Å². The Labute approximate surface area is 298 Å². The molecule has 0 aliphatic rings. The van der Waals surface area contributed by atoms with Gasteiger partial charge >= 0.3 is 0 Å². The minimum atomic E-state index is -0.387. The van der Waals surface area contributed by atoms with Crippen LogP contribution in [0, 0.1) is 22.7 Å². The lowest BCUT2D eigenvalue weighted by Gasteiger charge is -2.18. The Morgan fingerprint density at radius 1 is 0.646 bits per heavy atom. The summed E-state index contributed by atoms with van der Waals surface area (Å²) >= 11 is 6.56. The number of amides is 2. The number of aromatic nitrogens is 2. The smallest absolute Gasteiger partial charge is 0.262 e. The van der Waals surface area contributed by atoms with Crippen molar-refractivity contribution in [2.75, 3.05) is 0 Å². The lowest BCUT2D eigenvalue weighted by molar-refractivity contribution is -0.118. The molecule has 244 valence electrons. The highest BCUT2D eigenvalue weighted by molar-refractivity contribution is 9.10. The molecule has 2 N–H and O–H groups in total. The molecule has 48 heavy (non-hydrogen) atoms. The third kappa shape index (κ3) is 12.4. The van der Waals surface area contributed by atoms with Gasteiger partial charge in [0, 0.05) is 0 Å². The van der Waals surface area contributed by atoms with Crippen LogP contribution >= 0.6 is 31.9 Å². The topological polar surface area (TPSA) is 132 Å². The summed E-state index contributed by atoms with van der Waals surface area (Å²) in [7, 11) is 0. The van der Waals surface area contributed by atoms with Gasteiger partial charge in [-0.15, -0.1) is 0 Å². The first-order valence-electron chi connectivity index (χ1n) is 15.5. The molecular formula is C38H36Br2N6O2. The van der Waals surface area contributed by atoms with Gasteiger partial charge in [0.2, 0.25) is 0 Å². The first kappa shape index (κ1) is 37.6. The molecule has 8 nitrogen and oxygen atoms in total. The number of rotatable bonds is 12. The van der Waals surface area contributed by atoms with Crippen LogP contribution in [-0.2, 0) is 9.59 Å². The third-order valence-electron chi connectivity index (χ3n) is 6.96. The van der Waals surface area contributed by atoms with Crippen LogP contribution in [0.4, 0.5) is 0 Å². The van der Waals surface area contributed by atoms with E-state index in [0.29, 0.717) is 20.6 Å². The lowest BCUT2D eigenvalue weighted by atomic mass is 10.0. The van der Waals surface area contributed by atoms with Crippen molar-refractivity contribution in [1.29, 1.82) is 10.5 Å². The molecule has 4 rings (SSSR count). The zero-order valence-corrected chi connectivity index (χ0v) is 29.9. The van der Waals surface area contributed by atoms with Gasteiger partial charge in [0.25, 0.3) is 11.8 Å². The van der Waals surface area contributed by atoms with E-state index in [1.54, 1.807) is 36.4 Å². The van der Waals surface area contributed by atoms with Crippen molar-refractivity contribution in [1.82, 2.24) is 20.6 Å². The van der Waals surface area contributed by atoms with E-state index in [1.165, 1.54) is 12.2 Å². The molecular weight excluding hydrogens is 732 g/mol. The number of carbonyl (C=O) groups is 2. The largest absolute Gasteiger partial charge is 0.345 e. The van der Waals surface area contributed by atoms with Crippen molar-refractivity contribution in [3.05, 3.63) is 140 Å². The second-order valence-electron chi connectivity index (χ2n) is 10.6. The van der Waals surface area contributed by atoms with Crippen LogP contribution in [0.15, 0.2) is 117 Å². The van der Waals surface area contributed by atoms with Gasteiger partial charge in [0.1, 0.15) is 32.5 Å². The number of nitrogens with zero attached hydrogens (tertiary/aromatic N) is 4. The number of pyridine rings is 2. The van der Waals surface area contributed by atoms with Crippen LogP contribution in [0.25, 0.3) is 12.2 Å². The van der Waals surface area contributed by atoms with E-state index in [1.807, 2.05) is 72.8 Å². The molecule has 0 aliphatic carbocycles. The maximum atomic E-state index is 12.5. The third-order valence-corrected chi connectivity index (χ3v) is 7.84. The maximum absolute atomic E-state index is 12.5. The van der Waals surface area contributed by atoms with Gasteiger partial charge in [-0.2, -0.15) is 10.5 Å². The van der Waals surface area contributed by atoms with Gasteiger partial charge in [-0.05, 0) is 92.2 Å². The molecule has 4 aromatic rings. The Bertz CT molecular complexity index is 1660. The summed E-state index contributed by atoms with van der Waals surface area (Å²) in [4.78, 5) is 33.4. The summed E-state index contributed by atoms with van der Waals surface area (Å²) in [5.41, 5.74) is 3.26. The number of nitriles is 2. The maximum Gasteiger partial charge on any atom is 0.262 e. The van der Waals surface area contributed by atoms with Crippen molar-refractivity contribution in [3.8, 4) is 12.1 Å². The summed E-state index contributed by atoms with van der Waals surface area (Å²) in [6.45, 7) is 4.13. The van der Waals surface area contributed by atoms with Crippen molar-refractivity contribution < 1.29 is 9.59 Å². The van der Waals surface area contributed by atoms with Crippen LogP contribution in [0.3, 0.4) is 0 Å². The molecule has 0 saturated heterocycles. The van der Waals surface area contributed by atoms with E-state index in [-0.39, 0.29) is 35.0 Å². The van der Waals surface area contributed by atoms with Gasteiger partial charge in [-0.3, -0.25) is 9.59 Å². The number of nitrogens with one attached hydrogen (secondary N) is 2. The van der Waals surface area contributed by atoms with E-state index in [2.05, 4.69) is 66.3 Å². The standard InChI is InChI=1S/2C19H18BrN3O/c2*1-2-7-17(14-8-4-3-5-9-14)23-19(24)15(13-21)12-16-10-6-11-18(20)22-16/h2*3-6,8-12,17H,2,7H2,1H3,(H,23,24)/b2*15-12+/t2*17-/m00/s1. The molecule has 2 aromatic carbocycles. The molecule has 0 saturated carbocycles. The SMILES string of the molecule is CCC[C@H](NC(=O)/C(C#N)=C/c1cccc(Br)n1)c1ccccc1.CCC[C@H](NC(=O)/C(C#N)=C/c1cccc(Br)n1)c1ccccc1. The zero-order chi connectivity index (χ0) is 34.7. The predicted octanol–water partition coefficient (Wildman–Crippen LogP) is 8.82. The number of halogens is 2. The quantitative estimate of drug-likeness (QED) is 0.0842. The highest BCUT2D eigenvalue weighted by Crippen LogP contribution is 2.20. The Balaban J connectivity index is 0.000000260. The molecule has 0 aliphatic heterocycles. The van der Waals surface area contributed by atoms with Gasteiger partial charge in [-0.1, -0.05) is 99.5 Å². The molecule has 0 radical (unpaired) electrons. The van der Waals surface area contributed by atoms with Crippen LogP contribution in [0.2, 0.25) is 0 Å². The van der Waals surface area contributed by atoms with Crippen molar-refractivity contribution in [2.24, 2.45) is 0 Å². The fourth-order valence-electron chi connectivity index (χ4n) is 4.67. The summed E-state index contributed by atoms with van der Waals surface area (Å²) in [5.74, 6) is -0.775. The van der Waals surface area contributed by atoms with Crippen LogP contribution in [-0.4, -0.2) is 21.8 Å². The van der Waals surface area contributed by atoms with Gasteiger partial charge < -0.3 is 10.6 Å². The van der Waals surface area contributed by atoms with Crippen molar-refractivity contribution >= 4 is 55.8 Å². The Kier molecular flexibility index (Phi) is 15.9. The van der Waals surface area contributed by atoms with Crippen molar-refractivity contribution in [2.45, 2.75) is 51.6 Å². The zero-order valence-electron chi connectivity index (χ0n) is 26.7. The van der Waals surface area contributed by atoms with Crippen LogP contribution < -0.4 is 10.6 Å². The Morgan fingerprint density at radius 3 is 1.33 bits per heavy atom. The van der Waals surface area contributed by atoms with E-state index >= 15 is 0 Å². The molecule has 0 fully saturated rings. The Morgan fingerprint density at radius 2 is 1.02 bits per heavy atom. The molecule has 0 spiro atoms. The average Bonchev–Trinajstić information content (AvgIpc) is 3.10. The summed E-state index contributed by atoms with van der Waals surface area (Å²) < 4.78 is 1.31. The van der Waals surface area contributed by atoms with E-state index < -0.39 is 0 Å². The molecule has 10 heteroatoms. The van der Waals surface area contributed by atoms with E-state index in [0.717, 1.165) is 36.8 Å². The minimum absolute atomic E-state index is 0.0395.